The summed E-state index contributed by atoms with van der Waals surface area (Å²) in [5.41, 5.74) is 2.75. The molecule has 1 atom stereocenters. The number of nitrogens with one attached hydrogen (secondary N) is 1. The zero-order chi connectivity index (χ0) is 22.9. The van der Waals surface area contributed by atoms with Crippen LogP contribution in [0.2, 0.25) is 0 Å². The minimum atomic E-state index is -0.0313. The molecule has 1 saturated heterocycles. The molecule has 2 N–H and O–H groups in total. The molecular weight excluding hydrogens is 420 g/mol. The van der Waals surface area contributed by atoms with E-state index in [4.69, 9.17) is 12.2 Å². The molecule has 0 amide bonds. The van der Waals surface area contributed by atoms with Gasteiger partial charge in [0.15, 0.2) is 10.9 Å². The molecule has 0 aromatic heterocycles. The van der Waals surface area contributed by atoms with Gasteiger partial charge in [0.05, 0.1) is 12.1 Å². The zero-order valence-electron chi connectivity index (χ0n) is 18.9. The first-order chi connectivity index (χ1) is 15.5. The molecule has 172 valence electrons. The highest BCUT2D eigenvalue weighted by molar-refractivity contribution is 7.80. The van der Waals surface area contributed by atoms with E-state index >= 15 is 0 Å². The summed E-state index contributed by atoms with van der Waals surface area (Å²) in [7, 11) is 0. The molecule has 1 aromatic rings. The molecule has 1 aliphatic heterocycles. The minimum Gasteiger partial charge on any atom is -0.511 e. The van der Waals surface area contributed by atoms with Gasteiger partial charge in [-0.15, -0.1) is 6.58 Å². The van der Waals surface area contributed by atoms with Gasteiger partial charge < -0.3 is 15.3 Å². The van der Waals surface area contributed by atoms with E-state index in [9.17, 15) is 9.90 Å². The van der Waals surface area contributed by atoms with Crippen LogP contribution in [0.4, 0.5) is 0 Å². The van der Waals surface area contributed by atoms with Crippen molar-refractivity contribution in [3.05, 3.63) is 59.4 Å². The number of carbonyl (C=O) groups is 1. The van der Waals surface area contributed by atoms with Crippen molar-refractivity contribution in [1.29, 1.82) is 0 Å². The monoisotopic (exact) mass is 454 g/mol. The molecule has 3 rings (SSSR count). The average molecular weight is 455 g/mol. The number of allylic oxidation sites excluding steroid dienone is 2. The normalized spacial score (nSPS) is 20.1. The van der Waals surface area contributed by atoms with E-state index in [0.29, 0.717) is 31.5 Å². The van der Waals surface area contributed by atoms with Crippen LogP contribution in [0, 0.1) is 0 Å². The molecule has 1 aromatic carbocycles. The van der Waals surface area contributed by atoms with Crippen molar-refractivity contribution >= 4 is 29.3 Å². The third-order valence-corrected chi connectivity index (χ3v) is 6.57. The van der Waals surface area contributed by atoms with Gasteiger partial charge in [0, 0.05) is 58.3 Å². The van der Waals surface area contributed by atoms with Crippen LogP contribution in [0.3, 0.4) is 0 Å². The van der Waals surface area contributed by atoms with Crippen LogP contribution >= 0.6 is 12.2 Å². The number of aliphatic imine (C=N–C) groups is 1. The van der Waals surface area contributed by atoms with E-state index in [1.165, 1.54) is 5.56 Å². The standard InChI is InChI=1S/C25H34N4O2S/c1-3-9-27-25(32)29-14-12-28(13-15-29)11-10-26-18-22-23(30)16-21(17-24(22)31)20-7-5-19(4-2)6-8-20/h3,5-8,18,21,30H,1,4,9-17H2,2H3,(H,27,32). The lowest BCUT2D eigenvalue weighted by Gasteiger charge is -2.35. The van der Waals surface area contributed by atoms with Gasteiger partial charge in [-0.1, -0.05) is 37.3 Å². The van der Waals surface area contributed by atoms with Crippen molar-refractivity contribution in [2.75, 3.05) is 45.8 Å². The highest BCUT2D eigenvalue weighted by Crippen LogP contribution is 2.33. The number of carbonyl (C=O) groups excluding carboxylic acids is 1. The zero-order valence-corrected chi connectivity index (χ0v) is 19.7. The number of hydrogen-bond acceptors (Lipinski definition) is 5. The Hall–Kier alpha value is -2.51. The highest BCUT2D eigenvalue weighted by atomic mass is 32.1. The first-order valence-corrected chi connectivity index (χ1v) is 11.8. The molecule has 0 bridgehead atoms. The molecule has 32 heavy (non-hydrogen) atoms. The molecule has 7 heteroatoms. The maximum Gasteiger partial charge on any atom is 0.169 e. The Kier molecular flexibility index (Phi) is 9.00. The number of piperazine rings is 1. The van der Waals surface area contributed by atoms with Gasteiger partial charge >= 0.3 is 0 Å². The first-order valence-electron chi connectivity index (χ1n) is 11.4. The summed E-state index contributed by atoms with van der Waals surface area (Å²) in [6.07, 6.45) is 5.26. The van der Waals surface area contributed by atoms with Crippen LogP contribution in [-0.2, 0) is 11.2 Å². The Balaban J connectivity index is 1.45. The summed E-state index contributed by atoms with van der Waals surface area (Å²) in [5, 5.41) is 14.4. The van der Waals surface area contributed by atoms with Crippen LogP contribution in [0.5, 0.6) is 0 Å². The Morgan fingerprint density at radius 3 is 2.59 bits per heavy atom. The second-order valence-corrected chi connectivity index (χ2v) is 8.71. The Morgan fingerprint density at radius 2 is 1.97 bits per heavy atom. The van der Waals surface area contributed by atoms with Crippen molar-refractivity contribution in [1.82, 2.24) is 15.1 Å². The number of aliphatic hydroxyl groups excluding tert-OH is 1. The molecule has 0 radical (unpaired) electrons. The van der Waals surface area contributed by atoms with E-state index in [0.717, 1.165) is 49.8 Å². The Morgan fingerprint density at radius 1 is 1.25 bits per heavy atom. The maximum absolute atomic E-state index is 12.6. The molecule has 1 unspecified atom stereocenters. The molecule has 2 aliphatic rings. The fourth-order valence-corrected chi connectivity index (χ4v) is 4.38. The summed E-state index contributed by atoms with van der Waals surface area (Å²) in [6, 6.07) is 8.35. The number of benzene rings is 1. The lowest BCUT2D eigenvalue weighted by molar-refractivity contribution is -0.116. The molecule has 1 fully saturated rings. The molecule has 6 nitrogen and oxygen atoms in total. The van der Waals surface area contributed by atoms with Gasteiger partial charge in [-0.2, -0.15) is 0 Å². The summed E-state index contributed by atoms with van der Waals surface area (Å²) in [5.74, 6) is 0.161. The lowest BCUT2D eigenvalue weighted by atomic mass is 9.82. The average Bonchev–Trinajstić information content (AvgIpc) is 2.82. The van der Waals surface area contributed by atoms with Gasteiger partial charge in [-0.3, -0.25) is 14.7 Å². The number of thiocarbonyl (C=S) groups is 1. The summed E-state index contributed by atoms with van der Waals surface area (Å²) < 4.78 is 0. The number of ketones is 1. The third-order valence-electron chi connectivity index (χ3n) is 6.17. The van der Waals surface area contributed by atoms with Crippen LogP contribution in [0.15, 0.2) is 53.2 Å². The second-order valence-electron chi connectivity index (χ2n) is 8.32. The fraction of sp³-hybridized carbons (Fsp3) is 0.480. The Bertz CT molecular complexity index is 870. The first kappa shape index (κ1) is 24.1. The number of aryl methyl sites for hydroxylation is 1. The fourth-order valence-electron chi connectivity index (χ4n) is 4.12. The Labute approximate surface area is 196 Å². The minimum absolute atomic E-state index is 0.0313. The number of Topliss-reactive ketones (excluding diaryl/α,β-unsaturated/α-hetero) is 1. The molecule has 1 aliphatic carbocycles. The predicted molar refractivity (Wildman–Crippen MR) is 135 cm³/mol. The number of aliphatic hydroxyl groups is 1. The second kappa shape index (κ2) is 11.9. The molecule has 0 saturated carbocycles. The van der Waals surface area contributed by atoms with Gasteiger partial charge in [0.1, 0.15) is 5.76 Å². The van der Waals surface area contributed by atoms with Crippen molar-refractivity contribution in [3.8, 4) is 0 Å². The van der Waals surface area contributed by atoms with E-state index in [2.05, 4.69) is 57.9 Å². The number of nitrogens with zero attached hydrogens (tertiary/aromatic N) is 3. The van der Waals surface area contributed by atoms with Crippen molar-refractivity contribution in [2.45, 2.75) is 32.1 Å². The van der Waals surface area contributed by atoms with Crippen LogP contribution < -0.4 is 5.32 Å². The van der Waals surface area contributed by atoms with E-state index < -0.39 is 0 Å². The molecule has 1 heterocycles. The summed E-state index contributed by atoms with van der Waals surface area (Å²) in [6.45, 7) is 11.6. The van der Waals surface area contributed by atoms with Crippen LogP contribution in [0.25, 0.3) is 0 Å². The number of hydrogen-bond donors (Lipinski definition) is 2. The maximum atomic E-state index is 12.6. The lowest BCUT2D eigenvalue weighted by Crippen LogP contribution is -2.52. The molecular formula is C25H34N4O2S. The van der Waals surface area contributed by atoms with Crippen LogP contribution in [0.1, 0.15) is 36.8 Å². The highest BCUT2D eigenvalue weighted by Gasteiger charge is 2.27. The van der Waals surface area contributed by atoms with E-state index in [1.807, 2.05) is 0 Å². The largest absolute Gasteiger partial charge is 0.511 e. The SMILES string of the molecule is C=CCNC(=S)N1CCN(CCN=CC2=C(O)CC(c3ccc(CC)cc3)CC2=O)CC1. The van der Waals surface area contributed by atoms with Gasteiger partial charge in [-0.05, 0) is 35.7 Å². The van der Waals surface area contributed by atoms with E-state index in [1.54, 1.807) is 12.3 Å². The van der Waals surface area contributed by atoms with Crippen molar-refractivity contribution in [2.24, 2.45) is 4.99 Å². The van der Waals surface area contributed by atoms with Gasteiger partial charge in [0.25, 0.3) is 0 Å². The van der Waals surface area contributed by atoms with Crippen molar-refractivity contribution < 1.29 is 9.90 Å². The summed E-state index contributed by atoms with van der Waals surface area (Å²) >= 11 is 5.39. The summed E-state index contributed by atoms with van der Waals surface area (Å²) in [4.78, 5) is 21.6. The van der Waals surface area contributed by atoms with Gasteiger partial charge in [-0.25, -0.2) is 0 Å². The quantitative estimate of drug-likeness (QED) is 0.357. The topological polar surface area (TPSA) is 68.2 Å². The molecule has 0 spiro atoms. The van der Waals surface area contributed by atoms with Crippen LogP contribution in [-0.4, -0.2) is 77.8 Å². The van der Waals surface area contributed by atoms with E-state index in [-0.39, 0.29) is 17.5 Å². The van der Waals surface area contributed by atoms with Gasteiger partial charge in [0.2, 0.25) is 0 Å². The predicted octanol–water partition coefficient (Wildman–Crippen LogP) is 3.26. The third kappa shape index (κ3) is 6.50. The van der Waals surface area contributed by atoms with Crippen molar-refractivity contribution in [3.63, 3.8) is 0 Å². The smallest absolute Gasteiger partial charge is 0.169 e. The number of rotatable bonds is 8.